The fourth-order valence-electron chi connectivity index (χ4n) is 2.43. The Balaban J connectivity index is 2.48. The van der Waals surface area contributed by atoms with E-state index in [1.165, 1.54) is 6.26 Å². The molecule has 0 saturated carbocycles. The number of carbonyl (C=O) groups is 1. The minimum absolute atomic E-state index is 0.0985. The van der Waals surface area contributed by atoms with Crippen LogP contribution >= 0.6 is 0 Å². The van der Waals surface area contributed by atoms with Crippen LogP contribution in [-0.2, 0) is 16.3 Å². The van der Waals surface area contributed by atoms with Crippen LogP contribution in [0.25, 0.3) is 0 Å². The van der Waals surface area contributed by atoms with Crippen LogP contribution in [0, 0.1) is 5.41 Å². The van der Waals surface area contributed by atoms with Crippen molar-refractivity contribution in [1.82, 2.24) is 16.0 Å². The van der Waals surface area contributed by atoms with Gasteiger partial charge in [-0.1, -0.05) is 26.0 Å². The number of rotatable bonds is 9. The van der Waals surface area contributed by atoms with Crippen LogP contribution in [0.2, 0.25) is 0 Å². The number of nitrogens with one attached hydrogen (secondary N) is 3. The highest BCUT2D eigenvalue weighted by molar-refractivity contribution is 7.90. The predicted molar refractivity (Wildman–Crippen MR) is 111 cm³/mol. The third kappa shape index (κ3) is 9.42. The SMILES string of the molecule is CN=C(NCCc1cccc(C(=O)NC)c1)NCC(C)(C)CCS(C)(=O)=O. The first kappa shape index (κ1) is 23.0. The van der Waals surface area contributed by atoms with Gasteiger partial charge in [0, 0.05) is 39.0 Å². The molecule has 0 bridgehead atoms. The maximum Gasteiger partial charge on any atom is 0.251 e. The zero-order chi connectivity index (χ0) is 20.5. The molecule has 8 heteroatoms. The second-order valence-electron chi connectivity index (χ2n) is 7.43. The Morgan fingerprint density at radius 2 is 1.93 bits per heavy atom. The zero-order valence-electron chi connectivity index (χ0n) is 16.9. The number of sulfone groups is 1. The third-order valence-electron chi connectivity index (χ3n) is 4.23. The highest BCUT2D eigenvalue weighted by Gasteiger charge is 2.20. The standard InChI is InChI=1S/C19H32N4O3S/c1-19(2,10-12-27(5,25)26)14-23-18(21-4)22-11-9-15-7-6-8-16(13-15)17(24)20-3/h6-8,13H,9-12,14H2,1-5H3,(H,20,24)(H2,21,22,23). The van der Waals surface area contributed by atoms with Gasteiger partial charge in [-0.15, -0.1) is 0 Å². The van der Waals surface area contributed by atoms with Crippen LogP contribution < -0.4 is 16.0 Å². The quantitative estimate of drug-likeness (QED) is 0.430. The summed E-state index contributed by atoms with van der Waals surface area (Å²) in [5.41, 5.74) is 1.54. The van der Waals surface area contributed by atoms with Gasteiger partial charge in [0.1, 0.15) is 9.84 Å². The molecule has 27 heavy (non-hydrogen) atoms. The Kier molecular flexibility index (Phi) is 8.75. The van der Waals surface area contributed by atoms with Gasteiger partial charge in [-0.3, -0.25) is 9.79 Å². The fourth-order valence-corrected chi connectivity index (χ4v) is 3.35. The van der Waals surface area contributed by atoms with E-state index in [-0.39, 0.29) is 17.1 Å². The highest BCUT2D eigenvalue weighted by Crippen LogP contribution is 2.19. The molecule has 0 aliphatic carbocycles. The van der Waals surface area contributed by atoms with Crippen LogP contribution in [0.15, 0.2) is 29.3 Å². The Morgan fingerprint density at radius 3 is 2.52 bits per heavy atom. The lowest BCUT2D eigenvalue weighted by Crippen LogP contribution is -2.43. The van der Waals surface area contributed by atoms with Crippen molar-refractivity contribution in [2.45, 2.75) is 26.7 Å². The number of nitrogens with zero attached hydrogens (tertiary/aromatic N) is 1. The van der Waals surface area contributed by atoms with Crippen molar-refractivity contribution >= 4 is 21.7 Å². The van der Waals surface area contributed by atoms with E-state index in [0.29, 0.717) is 31.0 Å². The first-order valence-electron chi connectivity index (χ1n) is 8.99. The third-order valence-corrected chi connectivity index (χ3v) is 5.18. The van der Waals surface area contributed by atoms with Crippen molar-refractivity contribution in [1.29, 1.82) is 0 Å². The lowest BCUT2D eigenvalue weighted by molar-refractivity contribution is 0.0963. The Bertz CT molecular complexity index is 758. The summed E-state index contributed by atoms with van der Waals surface area (Å²) in [6.07, 6.45) is 2.60. The van der Waals surface area contributed by atoms with Gasteiger partial charge in [-0.25, -0.2) is 8.42 Å². The summed E-state index contributed by atoms with van der Waals surface area (Å²) in [6.45, 7) is 5.35. The summed E-state index contributed by atoms with van der Waals surface area (Å²) in [5, 5.41) is 9.12. The normalized spacial score (nSPS) is 12.6. The summed E-state index contributed by atoms with van der Waals surface area (Å²) in [7, 11) is 0.354. The van der Waals surface area contributed by atoms with Crippen molar-refractivity contribution < 1.29 is 13.2 Å². The van der Waals surface area contributed by atoms with Crippen LogP contribution in [0.5, 0.6) is 0 Å². The number of carbonyl (C=O) groups excluding carboxylic acids is 1. The zero-order valence-corrected chi connectivity index (χ0v) is 17.7. The van der Waals surface area contributed by atoms with Gasteiger partial charge >= 0.3 is 0 Å². The smallest absolute Gasteiger partial charge is 0.251 e. The maximum atomic E-state index is 11.7. The van der Waals surface area contributed by atoms with Crippen molar-refractivity contribution in [3.05, 3.63) is 35.4 Å². The van der Waals surface area contributed by atoms with E-state index in [1.54, 1.807) is 20.2 Å². The first-order chi connectivity index (χ1) is 12.6. The fraction of sp³-hybridized carbons (Fsp3) is 0.579. The second kappa shape index (κ2) is 10.3. The lowest BCUT2D eigenvalue weighted by atomic mass is 9.90. The average molecular weight is 397 g/mol. The Labute approximate surface area is 163 Å². The van der Waals surface area contributed by atoms with Gasteiger partial charge in [-0.2, -0.15) is 0 Å². The average Bonchev–Trinajstić information content (AvgIpc) is 2.62. The lowest BCUT2D eigenvalue weighted by Gasteiger charge is -2.25. The summed E-state index contributed by atoms with van der Waals surface area (Å²) >= 11 is 0. The molecule has 0 fully saturated rings. The van der Waals surface area contributed by atoms with E-state index in [1.807, 2.05) is 32.0 Å². The number of hydrogen-bond acceptors (Lipinski definition) is 4. The molecular formula is C19H32N4O3S. The van der Waals surface area contributed by atoms with Gasteiger partial charge in [-0.05, 0) is 36.0 Å². The maximum absolute atomic E-state index is 11.7. The molecule has 7 nitrogen and oxygen atoms in total. The van der Waals surface area contributed by atoms with Gasteiger partial charge in [0.15, 0.2) is 5.96 Å². The van der Waals surface area contributed by atoms with Crippen LogP contribution in [-0.4, -0.2) is 59.5 Å². The number of benzene rings is 1. The summed E-state index contributed by atoms with van der Waals surface area (Å²) in [5.74, 6) is 0.749. The highest BCUT2D eigenvalue weighted by atomic mass is 32.2. The van der Waals surface area contributed by atoms with Crippen molar-refractivity contribution in [3.63, 3.8) is 0 Å². The molecule has 0 aliphatic heterocycles. The first-order valence-corrected chi connectivity index (χ1v) is 11.1. The number of guanidine groups is 1. The number of aliphatic imine (C=N–C) groups is 1. The van der Waals surface area contributed by atoms with Gasteiger partial charge in [0.05, 0.1) is 5.75 Å². The van der Waals surface area contributed by atoms with E-state index < -0.39 is 9.84 Å². The molecule has 0 saturated heterocycles. The molecule has 152 valence electrons. The molecule has 0 aromatic heterocycles. The minimum Gasteiger partial charge on any atom is -0.356 e. The molecule has 1 aromatic rings. The Hall–Kier alpha value is -2.09. The molecule has 0 spiro atoms. The van der Waals surface area contributed by atoms with Gasteiger partial charge < -0.3 is 16.0 Å². The molecular weight excluding hydrogens is 364 g/mol. The number of hydrogen-bond donors (Lipinski definition) is 3. The van der Waals surface area contributed by atoms with Crippen LogP contribution in [0.3, 0.4) is 0 Å². The monoisotopic (exact) mass is 396 g/mol. The van der Waals surface area contributed by atoms with E-state index in [0.717, 1.165) is 12.0 Å². The van der Waals surface area contributed by atoms with E-state index >= 15 is 0 Å². The minimum atomic E-state index is -2.96. The molecule has 1 aromatic carbocycles. The van der Waals surface area contributed by atoms with E-state index in [4.69, 9.17) is 0 Å². The van der Waals surface area contributed by atoms with Gasteiger partial charge in [0.2, 0.25) is 0 Å². The largest absolute Gasteiger partial charge is 0.356 e. The molecule has 0 unspecified atom stereocenters. The molecule has 1 amide bonds. The summed E-state index contributed by atoms with van der Waals surface area (Å²) < 4.78 is 22.7. The molecule has 0 radical (unpaired) electrons. The van der Waals surface area contributed by atoms with E-state index in [2.05, 4.69) is 20.9 Å². The van der Waals surface area contributed by atoms with E-state index in [9.17, 15) is 13.2 Å². The van der Waals surface area contributed by atoms with Crippen molar-refractivity contribution in [3.8, 4) is 0 Å². The molecule has 0 aliphatic rings. The molecule has 3 N–H and O–H groups in total. The predicted octanol–water partition coefficient (Wildman–Crippen LogP) is 1.21. The van der Waals surface area contributed by atoms with Crippen molar-refractivity contribution in [2.24, 2.45) is 10.4 Å². The van der Waals surface area contributed by atoms with Crippen molar-refractivity contribution in [2.75, 3.05) is 39.2 Å². The second-order valence-corrected chi connectivity index (χ2v) is 9.69. The van der Waals surface area contributed by atoms with Crippen LogP contribution in [0.1, 0.15) is 36.2 Å². The van der Waals surface area contributed by atoms with Gasteiger partial charge in [0.25, 0.3) is 5.91 Å². The number of amides is 1. The Morgan fingerprint density at radius 1 is 1.22 bits per heavy atom. The summed E-state index contributed by atoms with van der Waals surface area (Å²) in [6, 6.07) is 7.52. The topological polar surface area (TPSA) is 99.7 Å². The molecule has 1 rings (SSSR count). The summed E-state index contributed by atoms with van der Waals surface area (Å²) in [4.78, 5) is 15.9. The molecule has 0 heterocycles. The van der Waals surface area contributed by atoms with Crippen LogP contribution in [0.4, 0.5) is 0 Å². The molecule has 0 atom stereocenters.